The van der Waals surface area contributed by atoms with E-state index < -0.39 is 4.92 Å². The van der Waals surface area contributed by atoms with Crippen LogP contribution in [0, 0.1) is 24.0 Å². The fourth-order valence-corrected chi connectivity index (χ4v) is 1.71. The Morgan fingerprint density at radius 2 is 1.95 bits per heavy atom. The Balaban J connectivity index is 2.41. The van der Waals surface area contributed by atoms with Crippen LogP contribution < -0.4 is 0 Å². The van der Waals surface area contributed by atoms with Crippen molar-refractivity contribution in [2.75, 3.05) is 0 Å². The van der Waals surface area contributed by atoms with Crippen molar-refractivity contribution in [3.05, 3.63) is 45.8 Å². The summed E-state index contributed by atoms with van der Waals surface area (Å²) in [4.78, 5) is 10.4. The molecule has 0 atom stereocenters. The second kappa shape index (κ2) is 4.97. The summed E-state index contributed by atoms with van der Waals surface area (Å²) in [6.45, 7) is 3.69. The molecule has 7 nitrogen and oxygen atoms in total. The second-order valence-corrected chi connectivity index (χ2v) is 4.09. The normalized spacial score (nSPS) is 11.1. The molecule has 19 heavy (non-hydrogen) atoms. The third kappa shape index (κ3) is 2.49. The van der Waals surface area contributed by atoms with Crippen LogP contribution >= 0.6 is 0 Å². The number of nitro benzene ring substituents is 1. The molecule has 2 rings (SSSR count). The minimum Gasteiger partial charge on any atom is -0.270 e. The van der Waals surface area contributed by atoms with Crippen molar-refractivity contribution in [2.24, 2.45) is 17.3 Å². The number of hydrogen-bond acceptors (Lipinski definition) is 5. The maximum absolute atomic E-state index is 10.9. The van der Waals surface area contributed by atoms with Gasteiger partial charge in [-0.05, 0) is 19.9 Å². The molecule has 0 aliphatic carbocycles. The van der Waals surface area contributed by atoms with Crippen molar-refractivity contribution in [1.29, 1.82) is 0 Å². The highest BCUT2D eigenvalue weighted by Gasteiger charge is 2.13. The van der Waals surface area contributed by atoms with E-state index in [-0.39, 0.29) is 11.4 Å². The fraction of sp³-hybridized carbons (Fsp3) is 0.250. The lowest BCUT2D eigenvalue weighted by Crippen LogP contribution is -1.91. The quantitative estimate of drug-likeness (QED) is 0.481. The first kappa shape index (κ1) is 12.9. The molecule has 1 aromatic heterocycles. The highest BCUT2D eigenvalue weighted by Crippen LogP contribution is 2.30. The van der Waals surface area contributed by atoms with Gasteiger partial charge in [-0.3, -0.25) is 14.8 Å². The van der Waals surface area contributed by atoms with Crippen LogP contribution in [0.5, 0.6) is 0 Å². The molecular weight excluding hydrogens is 246 g/mol. The minimum atomic E-state index is -0.475. The van der Waals surface area contributed by atoms with E-state index in [2.05, 4.69) is 15.3 Å². The molecular formula is C12H13N5O2. The van der Waals surface area contributed by atoms with Crippen LogP contribution in [0.2, 0.25) is 0 Å². The van der Waals surface area contributed by atoms with Gasteiger partial charge in [-0.15, -0.1) is 10.2 Å². The Hall–Kier alpha value is -2.57. The molecule has 1 heterocycles. The zero-order valence-corrected chi connectivity index (χ0v) is 10.9. The van der Waals surface area contributed by atoms with E-state index in [0.717, 1.165) is 11.4 Å². The average Bonchev–Trinajstić information content (AvgIpc) is 2.61. The number of nitrogens with zero attached hydrogens (tertiary/aromatic N) is 5. The van der Waals surface area contributed by atoms with E-state index in [9.17, 15) is 10.1 Å². The Kier molecular flexibility index (Phi) is 3.37. The van der Waals surface area contributed by atoms with Gasteiger partial charge in [-0.25, -0.2) is 0 Å². The van der Waals surface area contributed by atoms with Crippen molar-refractivity contribution in [3.63, 3.8) is 0 Å². The summed E-state index contributed by atoms with van der Waals surface area (Å²) in [6, 6.07) is 6.24. The fourth-order valence-electron chi connectivity index (χ4n) is 1.71. The van der Waals surface area contributed by atoms with Crippen molar-refractivity contribution in [2.45, 2.75) is 13.8 Å². The van der Waals surface area contributed by atoms with Crippen LogP contribution in [0.4, 0.5) is 17.1 Å². The van der Waals surface area contributed by atoms with Crippen molar-refractivity contribution >= 4 is 17.1 Å². The molecule has 0 bridgehead atoms. The van der Waals surface area contributed by atoms with Gasteiger partial charge in [0.2, 0.25) is 0 Å². The number of hydrogen-bond donors (Lipinski definition) is 0. The van der Waals surface area contributed by atoms with Crippen LogP contribution in [0.1, 0.15) is 11.4 Å². The maximum atomic E-state index is 10.9. The van der Waals surface area contributed by atoms with E-state index in [1.54, 1.807) is 22.9 Å². The smallest absolute Gasteiger partial charge is 0.270 e. The van der Waals surface area contributed by atoms with Gasteiger partial charge in [0.05, 0.1) is 16.3 Å². The van der Waals surface area contributed by atoms with Gasteiger partial charge in [-0.2, -0.15) is 5.10 Å². The summed E-state index contributed by atoms with van der Waals surface area (Å²) >= 11 is 0. The predicted octanol–water partition coefficient (Wildman–Crippen LogP) is 3.36. The SMILES string of the molecule is Cc1nn(C)c(C)c1N=Nc1ccccc1[N+](=O)[O-]. The van der Waals surface area contributed by atoms with Gasteiger partial charge < -0.3 is 0 Å². The predicted molar refractivity (Wildman–Crippen MR) is 70.0 cm³/mol. The molecule has 98 valence electrons. The van der Waals surface area contributed by atoms with Crippen LogP contribution in [0.15, 0.2) is 34.5 Å². The van der Waals surface area contributed by atoms with E-state index in [4.69, 9.17) is 0 Å². The third-order valence-corrected chi connectivity index (χ3v) is 2.81. The summed E-state index contributed by atoms with van der Waals surface area (Å²) < 4.78 is 1.70. The van der Waals surface area contributed by atoms with E-state index in [0.29, 0.717) is 5.69 Å². The highest BCUT2D eigenvalue weighted by atomic mass is 16.6. The Labute approximate surface area is 109 Å². The third-order valence-electron chi connectivity index (χ3n) is 2.81. The molecule has 0 unspecified atom stereocenters. The topological polar surface area (TPSA) is 85.7 Å². The molecule has 1 aromatic carbocycles. The monoisotopic (exact) mass is 259 g/mol. The average molecular weight is 259 g/mol. The largest absolute Gasteiger partial charge is 0.296 e. The van der Waals surface area contributed by atoms with Crippen LogP contribution in [0.3, 0.4) is 0 Å². The number of para-hydroxylation sites is 1. The molecule has 0 aliphatic heterocycles. The van der Waals surface area contributed by atoms with Gasteiger partial charge in [-0.1, -0.05) is 12.1 Å². The summed E-state index contributed by atoms with van der Waals surface area (Å²) in [6.07, 6.45) is 0. The number of benzene rings is 1. The Bertz CT molecular complexity index is 660. The van der Waals surface area contributed by atoms with Crippen LogP contribution in [0.25, 0.3) is 0 Å². The summed E-state index contributed by atoms with van der Waals surface area (Å²) in [7, 11) is 1.81. The first-order valence-corrected chi connectivity index (χ1v) is 5.66. The zero-order valence-electron chi connectivity index (χ0n) is 10.9. The number of aromatic nitrogens is 2. The molecule has 0 amide bonds. The van der Waals surface area contributed by atoms with Crippen molar-refractivity contribution < 1.29 is 4.92 Å². The van der Waals surface area contributed by atoms with Gasteiger partial charge >= 0.3 is 0 Å². The van der Waals surface area contributed by atoms with Crippen LogP contribution in [-0.4, -0.2) is 14.7 Å². The molecule has 2 aromatic rings. The Morgan fingerprint density at radius 3 is 2.53 bits per heavy atom. The first-order chi connectivity index (χ1) is 9.00. The maximum Gasteiger partial charge on any atom is 0.296 e. The Morgan fingerprint density at radius 1 is 1.26 bits per heavy atom. The molecule has 7 heteroatoms. The number of azo groups is 1. The van der Waals surface area contributed by atoms with E-state index in [1.807, 2.05) is 20.9 Å². The highest BCUT2D eigenvalue weighted by molar-refractivity contribution is 5.57. The van der Waals surface area contributed by atoms with E-state index in [1.165, 1.54) is 6.07 Å². The standard InChI is InChI=1S/C12H13N5O2/c1-8-12(9(2)16(3)15-8)14-13-10-6-4-5-7-11(10)17(18)19/h4-7H,1-3H3. The number of rotatable bonds is 3. The minimum absolute atomic E-state index is 0.0644. The lowest BCUT2D eigenvalue weighted by atomic mass is 10.3. The zero-order chi connectivity index (χ0) is 14.0. The number of aryl methyl sites for hydroxylation is 2. The molecule has 0 saturated heterocycles. The molecule has 0 saturated carbocycles. The second-order valence-electron chi connectivity index (χ2n) is 4.09. The molecule has 0 spiro atoms. The molecule has 0 radical (unpaired) electrons. The summed E-state index contributed by atoms with van der Waals surface area (Å²) in [5, 5.41) is 23.1. The lowest BCUT2D eigenvalue weighted by Gasteiger charge is -1.96. The summed E-state index contributed by atoms with van der Waals surface area (Å²) in [5.41, 5.74) is 2.41. The molecule has 0 N–H and O–H groups in total. The van der Waals surface area contributed by atoms with Crippen molar-refractivity contribution in [3.8, 4) is 0 Å². The van der Waals surface area contributed by atoms with Gasteiger partial charge in [0.15, 0.2) is 5.69 Å². The molecule has 0 fully saturated rings. The summed E-state index contributed by atoms with van der Waals surface area (Å²) in [5.74, 6) is 0. The molecule has 0 aliphatic rings. The number of nitro groups is 1. The van der Waals surface area contributed by atoms with E-state index >= 15 is 0 Å². The van der Waals surface area contributed by atoms with Crippen LogP contribution in [-0.2, 0) is 7.05 Å². The van der Waals surface area contributed by atoms with Gasteiger partial charge in [0, 0.05) is 13.1 Å². The lowest BCUT2D eigenvalue weighted by molar-refractivity contribution is -0.384. The van der Waals surface area contributed by atoms with Crippen molar-refractivity contribution in [1.82, 2.24) is 9.78 Å². The first-order valence-electron chi connectivity index (χ1n) is 5.66. The van der Waals surface area contributed by atoms with Gasteiger partial charge in [0.25, 0.3) is 5.69 Å². The van der Waals surface area contributed by atoms with Gasteiger partial charge in [0.1, 0.15) is 5.69 Å².